The van der Waals surface area contributed by atoms with E-state index in [2.05, 4.69) is 17.5 Å². The summed E-state index contributed by atoms with van der Waals surface area (Å²) in [6, 6.07) is 0. The molecule has 54 valence electrons. The van der Waals surface area contributed by atoms with E-state index in [0.717, 1.165) is 5.84 Å². The van der Waals surface area contributed by atoms with Gasteiger partial charge in [0.15, 0.2) is 0 Å². The summed E-state index contributed by atoms with van der Waals surface area (Å²) in [6.07, 6.45) is 5.12. The normalized spacial score (nSPS) is 10.4. The minimum absolute atomic E-state index is 0.628. The van der Waals surface area contributed by atoms with Crippen LogP contribution in [0.25, 0.3) is 0 Å². The Morgan fingerprint density at radius 1 is 1.70 bits per heavy atom. The Labute approximate surface area is 62.3 Å². The van der Waals surface area contributed by atoms with Crippen molar-refractivity contribution in [2.24, 2.45) is 4.99 Å². The number of rotatable bonds is 1. The highest BCUT2D eigenvalue weighted by Crippen LogP contribution is 1.96. The smallest absolute Gasteiger partial charge is 0.1000 e. The van der Waals surface area contributed by atoms with E-state index in [1.54, 1.807) is 11.9 Å². The van der Waals surface area contributed by atoms with Crippen LogP contribution in [0, 0.1) is 12.3 Å². The maximum absolute atomic E-state index is 5.12. The van der Waals surface area contributed by atoms with Crippen LogP contribution in [0.15, 0.2) is 17.3 Å². The third kappa shape index (κ3) is 1.94. The minimum Gasteiger partial charge on any atom is -0.327 e. The molecule has 2 nitrogen and oxygen atoms in total. The molecule has 0 saturated heterocycles. The van der Waals surface area contributed by atoms with Crippen LogP contribution in [-0.2, 0) is 0 Å². The molecule has 0 atom stereocenters. The highest BCUT2D eigenvalue weighted by Gasteiger charge is 1.99. The zero-order valence-electron chi connectivity index (χ0n) is 6.68. The van der Waals surface area contributed by atoms with Gasteiger partial charge in [0, 0.05) is 14.1 Å². The third-order valence-electron chi connectivity index (χ3n) is 1.38. The number of amidine groups is 1. The first-order valence-electron chi connectivity index (χ1n) is 2.96. The van der Waals surface area contributed by atoms with Gasteiger partial charge in [-0.3, -0.25) is 4.99 Å². The van der Waals surface area contributed by atoms with Crippen LogP contribution in [0.2, 0.25) is 0 Å². The molecule has 0 aromatic heterocycles. The van der Waals surface area contributed by atoms with Crippen LogP contribution in [0.1, 0.15) is 6.92 Å². The maximum Gasteiger partial charge on any atom is 0.1000 e. The molecule has 10 heavy (non-hydrogen) atoms. The lowest BCUT2D eigenvalue weighted by Gasteiger charge is -2.15. The molecule has 0 aliphatic heterocycles. The summed E-state index contributed by atoms with van der Waals surface area (Å²) < 4.78 is 0. The van der Waals surface area contributed by atoms with E-state index in [9.17, 15) is 0 Å². The summed E-state index contributed by atoms with van der Waals surface area (Å²) in [5.41, 5.74) is 0.628. The van der Waals surface area contributed by atoms with Crippen molar-refractivity contribution in [2.75, 3.05) is 14.1 Å². The van der Waals surface area contributed by atoms with Gasteiger partial charge in [-0.15, -0.1) is 6.42 Å². The average molecular weight is 136 g/mol. The molecule has 0 aliphatic rings. The van der Waals surface area contributed by atoms with Gasteiger partial charge < -0.3 is 4.90 Å². The van der Waals surface area contributed by atoms with Gasteiger partial charge in [0.1, 0.15) is 0 Å². The third-order valence-corrected chi connectivity index (χ3v) is 1.38. The number of hydrogen-bond donors (Lipinski definition) is 0. The lowest BCUT2D eigenvalue weighted by molar-refractivity contribution is 0.651. The fourth-order valence-corrected chi connectivity index (χ4v) is 0.442. The molecular weight excluding hydrogens is 124 g/mol. The predicted octanol–water partition coefficient (Wildman–Crippen LogP) is 1.11. The fourth-order valence-electron chi connectivity index (χ4n) is 0.442. The molecule has 0 heterocycles. The second-order valence-corrected chi connectivity index (χ2v) is 1.92. The summed E-state index contributed by atoms with van der Waals surface area (Å²) in [5, 5.41) is 0. The van der Waals surface area contributed by atoms with Crippen molar-refractivity contribution in [3.8, 4) is 12.3 Å². The standard InChI is InChI=1S/C8H12N2/c1-6-7(2)10(5)8(3)9-4/h1H,2H2,3-5H3. The summed E-state index contributed by atoms with van der Waals surface area (Å²) >= 11 is 0. The van der Waals surface area contributed by atoms with E-state index in [0.29, 0.717) is 5.70 Å². The molecule has 0 aliphatic carbocycles. The van der Waals surface area contributed by atoms with E-state index in [-0.39, 0.29) is 0 Å². The number of allylic oxidation sites excluding steroid dienone is 1. The fraction of sp³-hybridized carbons (Fsp3) is 0.375. The highest BCUT2D eigenvalue weighted by atomic mass is 15.2. The molecule has 0 N–H and O–H groups in total. The van der Waals surface area contributed by atoms with Gasteiger partial charge in [-0.1, -0.05) is 12.5 Å². The van der Waals surface area contributed by atoms with Crippen LogP contribution >= 0.6 is 0 Å². The second kappa shape index (κ2) is 3.73. The summed E-state index contributed by atoms with van der Waals surface area (Å²) in [7, 11) is 3.56. The quantitative estimate of drug-likeness (QED) is 0.299. The van der Waals surface area contributed by atoms with Crippen molar-refractivity contribution in [1.29, 1.82) is 0 Å². The van der Waals surface area contributed by atoms with E-state index >= 15 is 0 Å². The molecular formula is C8H12N2. The molecule has 0 radical (unpaired) electrons. The molecule has 0 saturated carbocycles. The van der Waals surface area contributed by atoms with Crippen molar-refractivity contribution >= 4 is 5.84 Å². The van der Waals surface area contributed by atoms with Crippen molar-refractivity contribution < 1.29 is 0 Å². The van der Waals surface area contributed by atoms with E-state index in [1.165, 1.54) is 0 Å². The minimum atomic E-state index is 0.628. The Morgan fingerprint density at radius 3 is 2.50 bits per heavy atom. The van der Waals surface area contributed by atoms with E-state index in [1.807, 2.05) is 14.0 Å². The van der Waals surface area contributed by atoms with Crippen molar-refractivity contribution in [3.63, 3.8) is 0 Å². The zero-order valence-corrected chi connectivity index (χ0v) is 6.68. The second-order valence-electron chi connectivity index (χ2n) is 1.92. The molecule has 0 fully saturated rings. The first-order chi connectivity index (χ1) is 4.63. The Hall–Kier alpha value is -1.23. The Morgan fingerprint density at radius 2 is 2.20 bits per heavy atom. The molecule has 0 spiro atoms. The monoisotopic (exact) mass is 136 g/mol. The van der Waals surface area contributed by atoms with E-state index < -0.39 is 0 Å². The molecule has 0 unspecified atom stereocenters. The maximum atomic E-state index is 5.12. The molecule has 0 rings (SSSR count). The van der Waals surface area contributed by atoms with Crippen LogP contribution in [-0.4, -0.2) is 24.8 Å². The first kappa shape index (κ1) is 8.77. The summed E-state index contributed by atoms with van der Waals surface area (Å²) in [4.78, 5) is 5.71. The molecule has 0 bridgehead atoms. The first-order valence-corrected chi connectivity index (χ1v) is 2.96. The van der Waals surface area contributed by atoms with Crippen molar-refractivity contribution in [2.45, 2.75) is 6.92 Å². The molecule has 0 aromatic rings. The predicted molar refractivity (Wildman–Crippen MR) is 44.8 cm³/mol. The van der Waals surface area contributed by atoms with Crippen LogP contribution < -0.4 is 0 Å². The van der Waals surface area contributed by atoms with Gasteiger partial charge in [-0.2, -0.15) is 0 Å². The molecule has 0 amide bonds. The number of aliphatic imine (C=N–C) groups is 1. The Bertz CT molecular complexity index is 196. The van der Waals surface area contributed by atoms with E-state index in [4.69, 9.17) is 6.42 Å². The lowest BCUT2D eigenvalue weighted by Crippen LogP contribution is -2.21. The summed E-state index contributed by atoms with van der Waals surface area (Å²) in [5.74, 6) is 3.29. The van der Waals surface area contributed by atoms with Gasteiger partial charge >= 0.3 is 0 Å². The number of nitrogens with zero attached hydrogens (tertiary/aromatic N) is 2. The largest absolute Gasteiger partial charge is 0.327 e. The van der Waals surface area contributed by atoms with Crippen LogP contribution in [0.4, 0.5) is 0 Å². The van der Waals surface area contributed by atoms with Gasteiger partial charge in [0.25, 0.3) is 0 Å². The van der Waals surface area contributed by atoms with Crippen molar-refractivity contribution in [3.05, 3.63) is 12.3 Å². The number of terminal acetylenes is 1. The molecule has 0 aromatic carbocycles. The van der Waals surface area contributed by atoms with Gasteiger partial charge in [-0.05, 0) is 6.92 Å². The lowest BCUT2D eigenvalue weighted by atomic mass is 10.4. The topological polar surface area (TPSA) is 15.6 Å². The Balaban J connectivity index is 4.26. The van der Waals surface area contributed by atoms with Gasteiger partial charge in [0.05, 0.1) is 11.5 Å². The van der Waals surface area contributed by atoms with Crippen LogP contribution in [0.3, 0.4) is 0 Å². The molecule has 2 heteroatoms. The van der Waals surface area contributed by atoms with Crippen LogP contribution in [0.5, 0.6) is 0 Å². The average Bonchev–Trinajstić information content (AvgIpc) is 2.00. The van der Waals surface area contributed by atoms with Crippen molar-refractivity contribution in [1.82, 2.24) is 4.90 Å². The number of hydrogen-bond acceptors (Lipinski definition) is 1. The Kier molecular flexibility index (Phi) is 3.27. The van der Waals surface area contributed by atoms with Gasteiger partial charge in [0.2, 0.25) is 0 Å². The van der Waals surface area contributed by atoms with Gasteiger partial charge in [-0.25, -0.2) is 0 Å². The SMILES string of the molecule is C#CC(=C)N(C)C(C)=NC. The zero-order chi connectivity index (χ0) is 8.15. The summed E-state index contributed by atoms with van der Waals surface area (Å²) in [6.45, 7) is 5.53. The highest BCUT2D eigenvalue weighted by molar-refractivity contribution is 5.81.